The van der Waals surface area contributed by atoms with Gasteiger partial charge in [-0.3, -0.25) is 14.9 Å². The van der Waals surface area contributed by atoms with Crippen LogP contribution in [-0.2, 0) is 4.79 Å². The average molecular weight is 314 g/mol. The van der Waals surface area contributed by atoms with E-state index in [-0.39, 0.29) is 11.6 Å². The largest absolute Gasteiger partial charge is 0.481 e. The van der Waals surface area contributed by atoms with Gasteiger partial charge in [-0.2, -0.15) is 0 Å². The summed E-state index contributed by atoms with van der Waals surface area (Å²) in [5, 5.41) is 20.2. The number of carboxylic acid groups (broad SMARTS) is 1. The minimum atomic E-state index is -0.901. The van der Waals surface area contributed by atoms with E-state index >= 15 is 0 Å². The number of halogens is 1. The summed E-state index contributed by atoms with van der Waals surface area (Å²) in [6.07, 6.45) is 0. The molecule has 1 N–H and O–H groups in total. The lowest BCUT2D eigenvalue weighted by Crippen LogP contribution is -2.03. The van der Waals surface area contributed by atoms with Crippen molar-refractivity contribution in [1.29, 1.82) is 0 Å². The first-order valence-electron chi connectivity index (χ1n) is 5.43. The lowest BCUT2D eigenvalue weighted by molar-refractivity contribution is -0.385. The van der Waals surface area contributed by atoms with Crippen molar-refractivity contribution in [3.63, 3.8) is 0 Å². The van der Waals surface area contributed by atoms with Gasteiger partial charge in [0.05, 0.1) is 10.8 Å². The third-order valence-corrected chi connectivity index (χ3v) is 4.11. The first-order chi connectivity index (χ1) is 8.26. The zero-order valence-electron chi connectivity index (χ0n) is 9.88. The van der Waals surface area contributed by atoms with Crippen LogP contribution in [0.5, 0.6) is 0 Å². The zero-order chi connectivity index (χ0) is 13.7. The van der Waals surface area contributed by atoms with Crippen LogP contribution in [0.4, 0.5) is 5.69 Å². The standard InChI is InChI=1S/C12H12BrNO4/c1-12(2)9(10(12)11(15)16)7-4-3-6(13)5-8(7)14(17)18/h3-5,9-10H,1-2H3,(H,15,16). The Hall–Kier alpha value is -1.43. The van der Waals surface area contributed by atoms with Gasteiger partial charge in [-0.15, -0.1) is 0 Å². The molecule has 1 saturated carbocycles. The second kappa shape index (κ2) is 4.05. The number of hydrogen-bond acceptors (Lipinski definition) is 3. The van der Waals surface area contributed by atoms with Gasteiger partial charge in [-0.1, -0.05) is 35.8 Å². The minimum Gasteiger partial charge on any atom is -0.481 e. The van der Waals surface area contributed by atoms with Crippen LogP contribution in [0.1, 0.15) is 25.3 Å². The molecule has 0 radical (unpaired) electrons. The molecule has 1 fully saturated rings. The van der Waals surface area contributed by atoms with Crippen LogP contribution < -0.4 is 0 Å². The normalized spacial score (nSPS) is 24.6. The van der Waals surface area contributed by atoms with Crippen LogP contribution in [0.3, 0.4) is 0 Å². The van der Waals surface area contributed by atoms with Gasteiger partial charge in [0.1, 0.15) is 0 Å². The maximum Gasteiger partial charge on any atom is 0.307 e. The number of nitro groups is 1. The Balaban J connectivity index is 2.48. The number of benzene rings is 1. The number of nitrogens with zero attached hydrogens (tertiary/aromatic N) is 1. The summed E-state index contributed by atoms with van der Waals surface area (Å²) < 4.78 is 0.614. The van der Waals surface area contributed by atoms with E-state index in [2.05, 4.69) is 15.9 Å². The third kappa shape index (κ3) is 1.90. The first kappa shape index (κ1) is 13.0. The lowest BCUT2D eigenvalue weighted by atomic mass is 10.0. The summed E-state index contributed by atoms with van der Waals surface area (Å²) in [5.41, 5.74) is 0.0385. The van der Waals surface area contributed by atoms with Crippen molar-refractivity contribution < 1.29 is 14.8 Å². The Bertz CT molecular complexity index is 541. The van der Waals surface area contributed by atoms with E-state index in [0.29, 0.717) is 10.0 Å². The molecular formula is C12H12BrNO4. The van der Waals surface area contributed by atoms with Gasteiger partial charge < -0.3 is 5.11 Å². The van der Waals surface area contributed by atoms with E-state index < -0.39 is 22.2 Å². The molecule has 6 heteroatoms. The molecule has 0 spiro atoms. The Labute approximate surface area is 112 Å². The van der Waals surface area contributed by atoms with Gasteiger partial charge in [0.25, 0.3) is 5.69 Å². The SMILES string of the molecule is CC1(C)C(C(=O)O)C1c1ccc(Br)cc1[N+](=O)[O-]. The maximum atomic E-state index is 11.1. The van der Waals surface area contributed by atoms with Crippen LogP contribution in [0.2, 0.25) is 0 Å². The Morgan fingerprint density at radius 3 is 2.56 bits per heavy atom. The Morgan fingerprint density at radius 1 is 1.50 bits per heavy atom. The van der Waals surface area contributed by atoms with Crippen LogP contribution in [0.25, 0.3) is 0 Å². The summed E-state index contributed by atoms with van der Waals surface area (Å²) in [6.45, 7) is 3.64. The fraction of sp³-hybridized carbons (Fsp3) is 0.417. The molecule has 1 aromatic carbocycles. The molecule has 2 rings (SSSR count). The molecule has 18 heavy (non-hydrogen) atoms. The summed E-state index contributed by atoms with van der Waals surface area (Å²) in [5.74, 6) is -1.76. The van der Waals surface area contributed by atoms with Crippen molar-refractivity contribution in [2.75, 3.05) is 0 Å². The number of nitro benzene ring substituents is 1. The maximum absolute atomic E-state index is 11.1. The van der Waals surface area contributed by atoms with Crippen molar-refractivity contribution in [3.05, 3.63) is 38.3 Å². The van der Waals surface area contributed by atoms with Gasteiger partial charge in [0, 0.05) is 22.0 Å². The van der Waals surface area contributed by atoms with Gasteiger partial charge in [-0.25, -0.2) is 0 Å². The Kier molecular flexibility index (Phi) is 2.93. The highest BCUT2D eigenvalue weighted by Crippen LogP contribution is 2.65. The van der Waals surface area contributed by atoms with Crippen molar-refractivity contribution in [2.24, 2.45) is 11.3 Å². The summed E-state index contributed by atoms with van der Waals surface area (Å²) in [7, 11) is 0. The minimum absolute atomic E-state index is 0.0220. The van der Waals surface area contributed by atoms with Crippen molar-refractivity contribution >= 4 is 27.6 Å². The molecule has 2 unspecified atom stereocenters. The monoisotopic (exact) mass is 313 g/mol. The lowest BCUT2D eigenvalue weighted by Gasteiger charge is -2.04. The third-order valence-electron chi connectivity index (χ3n) is 3.62. The average Bonchev–Trinajstić information content (AvgIpc) is 2.81. The number of carbonyl (C=O) groups is 1. The van der Waals surface area contributed by atoms with Crippen LogP contribution in [0, 0.1) is 21.4 Å². The molecule has 0 amide bonds. The van der Waals surface area contributed by atoms with Crippen molar-refractivity contribution in [2.45, 2.75) is 19.8 Å². The molecule has 0 saturated heterocycles. The number of aliphatic carboxylic acids is 1. The van der Waals surface area contributed by atoms with Gasteiger partial charge in [-0.05, 0) is 11.5 Å². The Morgan fingerprint density at radius 2 is 2.11 bits per heavy atom. The summed E-state index contributed by atoms with van der Waals surface area (Å²) in [6, 6.07) is 4.76. The fourth-order valence-electron chi connectivity index (χ4n) is 2.62. The molecule has 0 bridgehead atoms. The molecule has 1 aliphatic carbocycles. The van der Waals surface area contributed by atoms with Gasteiger partial charge >= 0.3 is 5.97 Å². The van der Waals surface area contributed by atoms with E-state index in [1.165, 1.54) is 6.07 Å². The number of carboxylic acids is 1. The smallest absolute Gasteiger partial charge is 0.307 e. The van der Waals surface area contributed by atoms with Crippen molar-refractivity contribution in [1.82, 2.24) is 0 Å². The van der Waals surface area contributed by atoms with Crippen LogP contribution >= 0.6 is 15.9 Å². The highest BCUT2D eigenvalue weighted by atomic mass is 79.9. The van der Waals surface area contributed by atoms with Gasteiger partial charge in [0.15, 0.2) is 0 Å². The van der Waals surface area contributed by atoms with Crippen LogP contribution in [0.15, 0.2) is 22.7 Å². The second-order valence-electron chi connectivity index (χ2n) is 5.08. The van der Waals surface area contributed by atoms with E-state index in [1.54, 1.807) is 12.1 Å². The molecule has 0 heterocycles. The molecule has 5 nitrogen and oxygen atoms in total. The molecule has 2 atom stereocenters. The van der Waals surface area contributed by atoms with E-state index in [9.17, 15) is 14.9 Å². The summed E-state index contributed by atoms with van der Waals surface area (Å²) >= 11 is 3.19. The fourth-order valence-corrected chi connectivity index (χ4v) is 2.97. The van der Waals surface area contributed by atoms with E-state index in [0.717, 1.165) is 0 Å². The topological polar surface area (TPSA) is 80.4 Å². The molecule has 96 valence electrons. The quantitative estimate of drug-likeness (QED) is 0.686. The zero-order valence-corrected chi connectivity index (χ0v) is 11.5. The van der Waals surface area contributed by atoms with Crippen molar-refractivity contribution in [3.8, 4) is 0 Å². The molecule has 1 aromatic rings. The van der Waals surface area contributed by atoms with Gasteiger partial charge in [0.2, 0.25) is 0 Å². The first-order valence-corrected chi connectivity index (χ1v) is 6.22. The molecule has 0 aromatic heterocycles. The molecule has 0 aliphatic heterocycles. The summed E-state index contributed by atoms with van der Waals surface area (Å²) in [4.78, 5) is 21.7. The van der Waals surface area contributed by atoms with E-state index in [1.807, 2.05) is 13.8 Å². The number of hydrogen-bond donors (Lipinski definition) is 1. The second-order valence-corrected chi connectivity index (χ2v) is 5.99. The van der Waals surface area contributed by atoms with Crippen LogP contribution in [-0.4, -0.2) is 16.0 Å². The highest BCUT2D eigenvalue weighted by Gasteiger charge is 2.64. The predicted molar refractivity (Wildman–Crippen MR) is 68.4 cm³/mol. The molecule has 1 aliphatic rings. The predicted octanol–water partition coefficient (Wildman–Crippen LogP) is 3.18. The molecular weight excluding hydrogens is 302 g/mol. The van der Waals surface area contributed by atoms with E-state index in [4.69, 9.17) is 5.11 Å². The number of rotatable bonds is 3. The highest BCUT2D eigenvalue weighted by molar-refractivity contribution is 9.10.